The van der Waals surface area contributed by atoms with Crippen molar-refractivity contribution in [3.05, 3.63) is 67.0 Å². The van der Waals surface area contributed by atoms with E-state index in [4.69, 9.17) is 0 Å². The second-order valence-corrected chi connectivity index (χ2v) is 4.97. The van der Waals surface area contributed by atoms with Crippen molar-refractivity contribution in [1.82, 2.24) is 24.9 Å². The molecular formula is C17H11FN6. The summed E-state index contributed by atoms with van der Waals surface area (Å²) >= 11 is 0. The molecule has 0 aliphatic heterocycles. The predicted octanol–water partition coefficient (Wildman–Crippen LogP) is 3.36. The number of aromatic nitrogens is 5. The topological polar surface area (TPSA) is 76.5 Å². The van der Waals surface area contributed by atoms with Crippen LogP contribution >= 0.6 is 0 Å². The zero-order chi connectivity index (χ0) is 16.4. The standard InChI is InChI=1S/C17H11FN6/c18-13-4-2-1-3-12(13)15-23-16-14(20-9-10-21-16)17(24-15)22-11-5-7-19-8-6-11/h1-10H,(H,19,21,22,23,24). The van der Waals surface area contributed by atoms with Crippen LogP contribution < -0.4 is 5.32 Å². The van der Waals surface area contributed by atoms with Crippen LogP contribution in [0.2, 0.25) is 0 Å². The lowest BCUT2D eigenvalue weighted by molar-refractivity contribution is 0.630. The van der Waals surface area contributed by atoms with Crippen molar-refractivity contribution in [2.45, 2.75) is 0 Å². The molecule has 3 aromatic heterocycles. The molecule has 4 aromatic rings. The molecule has 7 heteroatoms. The summed E-state index contributed by atoms with van der Waals surface area (Å²) < 4.78 is 14.1. The summed E-state index contributed by atoms with van der Waals surface area (Å²) in [5, 5.41) is 3.16. The first-order valence-electron chi connectivity index (χ1n) is 7.22. The van der Waals surface area contributed by atoms with Crippen molar-refractivity contribution in [3.8, 4) is 11.4 Å². The summed E-state index contributed by atoms with van der Waals surface area (Å²) in [6.07, 6.45) is 6.42. The molecule has 0 saturated heterocycles. The highest BCUT2D eigenvalue weighted by atomic mass is 19.1. The van der Waals surface area contributed by atoms with Gasteiger partial charge in [-0.3, -0.25) is 4.98 Å². The normalized spacial score (nSPS) is 10.7. The predicted molar refractivity (Wildman–Crippen MR) is 88.0 cm³/mol. The van der Waals surface area contributed by atoms with Gasteiger partial charge in [-0.25, -0.2) is 24.3 Å². The third-order valence-corrected chi connectivity index (χ3v) is 3.39. The number of benzene rings is 1. The van der Waals surface area contributed by atoms with Gasteiger partial charge in [0.2, 0.25) is 0 Å². The Morgan fingerprint density at radius 3 is 2.46 bits per heavy atom. The highest BCUT2D eigenvalue weighted by Crippen LogP contribution is 2.26. The molecule has 0 saturated carbocycles. The molecule has 3 heterocycles. The number of hydrogen-bond acceptors (Lipinski definition) is 6. The van der Waals surface area contributed by atoms with E-state index in [1.165, 1.54) is 12.3 Å². The van der Waals surface area contributed by atoms with E-state index in [0.29, 0.717) is 22.5 Å². The summed E-state index contributed by atoms with van der Waals surface area (Å²) in [5.41, 5.74) is 2.00. The van der Waals surface area contributed by atoms with Crippen molar-refractivity contribution >= 4 is 22.7 Å². The molecule has 6 nitrogen and oxygen atoms in total. The minimum Gasteiger partial charge on any atom is -0.338 e. The van der Waals surface area contributed by atoms with E-state index >= 15 is 0 Å². The fourth-order valence-corrected chi connectivity index (χ4v) is 2.29. The highest BCUT2D eigenvalue weighted by Gasteiger charge is 2.14. The summed E-state index contributed by atoms with van der Waals surface area (Å²) in [6, 6.07) is 9.95. The lowest BCUT2D eigenvalue weighted by Crippen LogP contribution is -2.02. The quantitative estimate of drug-likeness (QED) is 0.624. The first kappa shape index (κ1) is 14.1. The number of anilines is 2. The average molecular weight is 318 g/mol. The average Bonchev–Trinajstić information content (AvgIpc) is 2.63. The van der Waals surface area contributed by atoms with Gasteiger partial charge in [0.05, 0.1) is 5.56 Å². The maximum atomic E-state index is 14.1. The molecule has 0 radical (unpaired) electrons. The lowest BCUT2D eigenvalue weighted by atomic mass is 10.2. The molecule has 0 aliphatic carbocycles. The zero-order valence-corrected chi connectivity index (χ0v) is 12.4. The van der Waals surface area contributed by atoms with Gasteiger partial charge in [-0.1, -0.05) is 12.1 Å². The van der Waals surface area contributed by atoms with Gasteiger partial charge in [-0.2, -0.15) is 0 Å². The van der Waals surface area contributed by atoms with Crippen molar-refractivity contribution in [1.29, 1.82) is 0 Å². The maximum absolute atomic E-state index is 14.1. The van der Waals surface area contributed by atoms with E-state index in [0.717, 1.165) is 5.69 Å². The minimum atomic E-state index is -0.393. The molecule has 0 unspecified atom stereocenters. The van der Waals surface area contributed by atoms with Gasteiger partial charge in [0, 0.05) is 30.5 Å². The van der Waals surface area contributed by atoms with Gasteiger partial charge in [0.25, 0.3) is 0 Å². The van der Waals surface area contributed by atoms with Gasteiger partial charge in [0.1, 0.15) is 5.82 Å². The smallest absolute Gasteiger partial charge is 0.184 e. The van der Waals surface area contributed by atoms with Crippen molar-refractivity contribution in [2.24, 2.45) is 0 Å². The van der Waals surface area contributed by atoms with Crippen molar-refractivity contribution in [3.63, 3.8) is 0 Å². The highest BCUT2D eigenvalue weighted by molar-refractivity contribution is 5.86. The van der Waals surface area contributed by atoms with E-state index in [-0.39, 0.29) is 5.82 Å². The third kappa shape index (κ3) is 2.63. The molecule has 24 heavy (non-hydrogen) atoms. The Labute approximate surface area is 136 Å². The van der Waals surface area contributed by atoms with E-state index in [1.54, 1.807) is 48.9 Å². The van der Waals surface area contributed by atoms with E-state index in [1.807, 2.05) is 0 Å². The Kier molecular flexibility index (Phi) is 3.51. The monoisotopic (exact) mass is 318 g/mol. The van der Waals surface area contributed by atoms with Crippen LogP contribution in [-0.2, 0) is 0 Å². The summed E-state index contributed by atoms with van der Waals surface area (Å²) in [7, 11) is 0. The van der Waals surface area contributed by atoms with Gasteiger partial charge < -0.3 is 5.32 Å². The maximum Gasteiger partial charge on any atom is 0.184 e. The van der Waals surface area contributed by atoms with E-state index in [2.05, 4.69) is 30.2 Å². The largest absolute Gasteiger partial charge is 0.338 e. The number of halogens is 1. The fraction of sp³-hybridized carbons (Fsp3) is 0. The van der Waals surface area contributed by atoms with Crippen LogP contribution in [0, 0.1) is 5.82 Å². The number of hydrogen-bond donors (Lipinski definition) is 1. The van der Waals surface area contributed by atoms with Crippen LogP contribution in [0.1, 0.15) is 0 Å². The Balaban J connectivity index is 1.90. The molecule has 4 rings (SSSR count). The lowest BCUT2D eigenvalue weighted by Gasteiger charge is -2.10. The molecule has 0 atom stereocenters. The van der Waals surface area contributed by atoms with Gasteiger partial charge in [0.15, 0.2) is 22.8 Å². The molecule has 0 bridgehead atoms. The Bertz CT molecular complexity index is 1010. The first-order valence-corrected chi connectivity index (χ1v) is 7.22. The molecule has 0 aliphatic rings. The second kappa shape index (κ2) is 5.96. The Morgan fingerprint density at radius 2 is 1.62 bits per heavy atom. The number of pyridine rings is 1. The Hall–Kier alpha value is -3.48. The van der Waals surface area contributed by atoms with Crippen LogP contribution in [0.4, 0.5) is 15.9 Å². The Morgan fingerprint density at radius 1 is 0.833 bits per heavy atom. The first-order chi connectivity index (χ1) is 11.8. The molecule has 0 spiro atoms. The van der Waals surface area contributed by atoms with Crippen molar-refractivity contribution in [2.75, 3.05) is 5.32 Å². The van der Waals surface area contributed by atoms with Crippen LogP contribution in [0.3, 0.4) is 0 Å². The molecule has 0 fully saturated rings. The third-order valence-electron chi connectivity index (χ3n) is 3.39. The number of fused-ring (bicyclic) bond motifs is 1. The fourth-order valence-electron chi connectivity index (χ4n) is 2.29. The van der Waals surface area contributed by atoms with Crippen LogP contribution in [-0.4, -0.2) is 24.9 Å². The van der Waals surface area contributed by atoms with Crippen molar-refractivity contribution < 1.29 is 4.39 Å². The van der Waals surface area contributed by atoms with E-state index in [9.17, 15) is 4.39 Å². The number of nitrogens with zero attached hydrogens (tertiary/aromatic N) is 5. The summed E-state index contributed by atoms with van der Waals surface area (Å²) in [6.45, 7) is 0. The van der Waals surface area contributed by atoms with Gasteiger partial charge in [-0.05, 0) is 24.3 Å². The van der Waals surface area contributed by atoms with Gasteiger partial charge in [-0.15, -0.1) is 0 Å². The number of rotatable bonds is 3. The molecule has 116 valence electrons. The van der Waals surface area contributed by atoms with Gasteiger partial charge >= 0.3 is 0 Å². The van der Waals surface area contributed by atoms with Crippen LogP contribution in [0.15, 0.2) is 61.2 Å². The molecule has 1 aromatic carbocycles. The minimum absolute atomic E-state index is 0.248. The SMILES string of the molecule is Fc1ccccc1-c1nc(Nc2ccncc2)c2nccnc2n1. The van der Waals surface area contributed by atoms with Crippen LogP contribution in [0.25, 0.3) is 22.6 Å². The van der Waals surface area contributed by atoms with Crippen LogP contribution in [0.5, 0.6) is 0 Å². The van der Waals surface area contributed by atoms with E-state index < -0.39 is 5.82 Å². The summed E-state index contributed by atoms with van der Waals surface area (Å²) in [4.78, 5) is 21.2. The summed E-state index contributed by atoms with van der Waals surface area (Å²) in [5.74, 6) is 0.311. The number of nitrogens with one attached hydrogen (secondary N) is 1. The molecular weight excluding hydrogens is 307 g/mol. The molecule has 1 N–H and O–H groups in total. The second-order valence-electron chi connectivity index (χ2n) is 4.97. The molecule has 0 amide bonds. The zero-order valence-electron chi connectivity index (χ0n) is 12.4.